The predicted octanol–water partition coefficient (Wildman–Crippen LogP) is 2.97. The molecule has 1 aliphatic heterocycles. The largest absolute Gasteiger partial charge is 0.444 e. The van der Waals surface area contributed by atoms with Crippen LogP contribution in [0, 0.1) is 0 Å². The summed E-state index contributed by atoms with van der Waals surface area (Å²) in [4.78, 5) is 24.1. The van der Waals surface area contributed by atoms with E-state index in [0.717, 1.165) is 25.2 Å². The van der Waals surface area contributed by atoms with Crippen molar-refractivity contribution < 1.29 is 9.53 Å². The smallest absolute Gasteiger partial charge is 0.410 e. The van der Waals surface area contributed by atoms with Crippen LogP contribution in [0.25, 0.3) is 0 Å². The van der Waals surface area contributed by atoms with Crippen molar-refractivity contribution in [1.82, 2.24) is 14.9 Å². The molecule has 0 aliphatic carbocycles. The van der Waals surface area contributed by atoms with Crippen LogP contribution in [0.4, 0.5) is 10.6 Å². The molecule has 1 aromatic heterocycles. The number of rotatable bonds is 3. The minimum Gasteiger partial charge on any atom is -0.444 e. The van der Waals surface area contributed by atoms with Crippen molar-refractivity contribution in [3.8, 4) is 0 Å². The molecule has 1 saturated heterocycles. The van der Waals surface area contributed by atoms with Gasteiger partial charge in [-0.3, -0.25) is 0 Å². The topological polar surface area (TPSA) is 58.6 Å². The molecule has 0 radical (unpaired) electrons. The van der Waals surface area contributed by atoms with Gasteiger partial charge in [0.1, 0.15) is 11.4 Å². The van der Waals surface area contributed by atoms with Gasteiger partial charge in [-0.2, -0.15) is 0 Å². The Kier molecular flexibility index (Phi) is 5.11. The molecule has 0 saturated carbocycles. The molecule has 1 atom stereocenters. The second kappa shape index (κ2) is 6.69. The average Bonchev–Trinajstić information content (AvgIpc) is 2.85. The van der Waals surface area contributed by atoms with Gasteiger partial charge < -0.3 is 14.5 Å². The lowest BCUT2D eigenvalue weighted by Crippen LogP contribution is -2.44. The maximum Gasteiger partial charge on any atom is 0.410 e. The van der Waals surface area contributed by atoms with Crippen molar-refractivity contribution in [2.24, 2.45) is 0 Å². The monoisotopic (exact) mass is 326 g/mol. The third-order valence-corrected chi connectivity index (χ3v) is 3.67. The highest BCUT2D eigenvalue weighted by atomic mass is 35.5. The standard InChI is InChI=1S/C15H23ClN4O2/c1-15(2,3)22-14(21)20-9-5-6-11(20)10-19(4)12-7-8-17-13(16)18-12/h7-8,11H,5-6,9-10H2,1-4H3/t11-/m0/s1. The number of likely N-dealkylation sites (tertiary alicyclic amines) is 1. The first-order chi connectivity index (χ1) is 10.3. The summed E-state index contributed by atoms with van der Waals surface area (Å²) >= 11 is 5.82. The lowest BCUT2D eigenvalue weighted by atomic mass is 10.2. The molecule has 7 heteroatoms. The third kappa shape index (κ3) is 4.47. The highest BCUT2D eigenvalue weighted by molar-refractivity contribution is 6.28. The molecule has 0 bridgehead atoms. The highest BCUT2D eigenvalue weighted by Crippen LogP contribution is 2.22. The fourth-order valence-corrected chi connectivity index (χ4v) is 2.68. The zero-order valence-electron chi connectivity index (χ0n) is 13.5. The fraction of sp³-hybridized carbons (Fsp3) is 0.667. The van der Waals surface area contributed by atoms with Crippen molar-refractivity contribution in [3.05, 3.63) is 17.5 Å². The summed E-state index contributed by atoms with van der Waals surface area (Å²) < 4.78 is 5.48. The lowest BCUT2D eigenvalue weighted by molar-refractivity contribution is 0.0232. The highest BCUT2D eigenvalue weighted by Gasteiger charge is 2.32. The number of carbonyl (C=O) groups excluding carboxylic acids is 1. The van der Waals surface area contributed by atoms with E-state index >= 15 is 0 Å². The van der Waals surface area contributed by atoms with Gasteiger partial charge in [0.2, 0.25) is 5.28 Å². The second-order valence-corrected chi connectivity index (χ2v) is 6.87. The van der Waals surface area contributed by atoms with E-state index in [-0.39, 0.29) is 17.4 Å². The van der Waals surface area contributed by atoms with Crippen LogP contribution in [0.15, 0.2) is 12.3 Å². The first-order valence-corrected chi connectivity index (χ1v) is 7.83. The number of anilines is 1. The van der Waals surface area contributed by atoms with E-state index in [4.69, 9.17) is 16.3 Å². The van der Waals surface area contributed by atoms with Gasteiger partial charge in [-0.25, -0.2) is 14.8 Å². The summed E-state index contributed by atoms with van der Waals surface area (Å²) in [7, 11) is 1.93. The van der Waals surface area contributed by atoms with Crippen molar-refractivity contribution in [2.75, 3.05) is 25.0 Å². The quantitative estimate of drug-likeness (QED) is 0.799. The number of amides is 1. The van der Waals surface area contributed by atoms with Gasteiger partial charge >= 0.3 is 6.09 Å². The summed E-state index contributed by atoms with van der Waals surface area (Å²) in [5.41, 5.74) is -0.476. The maximum absolute atomic E-state index is 12.3. The third-order valence-electron chi connectivity index (χ3n) is 3.49. The first-order valence-electron chi connectivity index (χ1n) is 7.45. The van der Waals surface area contributed by atoms with Crippen LogP contribution in [-0.2, 0) is 4.74 Å². The number of hydrogen-bond donors (Lipinski definition) is 0. The van der Waals surface area contributed by atoms with Crippen molar-refractivity contribution >= 4 is 23.5 Å². The van der Waals surface area contributed by atoms with E-state index in [1.165, 1.54) is 0 Å². The van der Waals surface area contributed by atoms with E-state index < -0.39 is 5.60 Å². The maximum atomic E-state index is 12.3. The summed E-state index contributed by atoms with van der Waals surface area (Å²) in [6.45, 7) is 7.06. The number of aromatic nitrogens is 2. The van der Waals surface area contributed by atoms with Crippen LogP contribution in [0.3, 0.4) is 0 Å². The number of ether oxygens (including phenoxy) is 1. The molecule has 1 amide bonds. The minimum absolute atomic E-state index is 0.119. The molecule has 0 N–H and O–H groups in total. The average molecular weight is 327 g/mol. The molecule has 6 nitrogen and oxygen atoms in total. The van der Waals surface area contributed by atoms with Gasteiger partial charge in [0.05, 0.1) is 6.04 Å². The minimum atomic E-state index is -0.476. The second-order valence-electron chi connectivity index (χ2n) is 6.53. The zero-order chi connectivity index (χ0) is 16.3. The molecule has 1 fully saturated rings. The van der Waals surface area contributed by atoms with Gasteiger partial charge in [0, 0.05) is 26.3 Å². The van der Waals surface area contributed by atoms with Crippen LogP contribution in [0.1, 0.15) is 33.6 Å². The van der Waals surface area contributed by atoms with Gasteiger partial charge in [-0.15, -0.1) is 0 Å². The molecule has 1 aliphatic rings. The normalized spacial score (nSPS) is 18.4. The van der Waals surface area contributed by atoms with Crippen LogP contribution < -0.4 is 4.90 Å². The van der Waals surface area contributed by atoms with Gasteiger partial charge in [0.25, 0.3) is 0 Å². The molecule has 0 spiro atoms. The van der Waals surface area contributed by atoms with Crippen molar-refractivity contribution in [3.63, 3.8) is 0 Å². The molecule has 0 aromatic carbocycles. The predicted molar refractivity (Wildman–Crippen MR) is 86.3 cm³/mol. The molecular weight excluding hydrogens is 304 g/mol. The van der Waals surface area contributed by atoms with Crippen molar-refractivity contribution in [2.45, 2.75) is 45.3 Å². The fourth-order valence-electron chi connectivity index (χ4n) is 2.53. The van der Waals surface area contributed by atoms with Gasteiger partial charge in [0.15, 0.2) is 0 Å². The Bertz CT molecular complexity index is 533. The Morgan fingerprint density at radius 3 is 2.91 bits per heavy atom. The summed E-state index contributed by atoms with van der Waals surface area (Å²) in [5.74, 6) is 0.746. The molecule has 1 aromatic rings. The zero-order valence-corrected chi connectivity index (χ0v) is 14.3. The van der Waals surface area contributed by atoms with Gasteiger partial charge in [-0.05, 0) is 51.3 Å². The van der Waals surface area contributed by atoms with Crippen LogP contribution in [0.2, 0.25) is 5.28 Å². The van der Waals surface area contributed by atoms with E-state index in [0.29, 0.717) is 6.54 Å². The van der Waals surface area contributed by atoms with Crippen molar-refractivity contribution in [1.29, 1.82) is 0 Å². The molecule has 22 heavy (non-hydrogen) atoms. The summed E-state index contributed by atoms with van der Waals surface area (Å²) in [6.07, 6.45) is 3.33. The SMILES string of the molecule is CN(C[C@@H]1CCCN1C(=O)OC(C)(C)C)c1ccnc(Cl)n1. The Labute approximate surface area is 136 Å². The molecule has 0 unspecified atom stereocenters. The van der Waals surface area contributed by atoms with Crippen LogP contribution >= 0.6 is 11.6 Å². The first kappa shape index (κ1) is 16.8. The Morgan fingerprint density at radius 1 is 1.55 bits per heavy atom. The number of likely N-dealkylation sites (N-methyl/N-ethyl adjacent to an activating group) is 1. The molecule has 2 heterocycles. The summed E-state index contributed by atoms with van der Waals surface area (Å²) in [6, 6.07) is 1.92. The van der Waals surface area contributed by atoms with E-state index in [1.54, 1.807) is 12.3 Å². The molecular formula is C15H23ClN4O2. The number of nitrogens with zero attached hydrogens (tertiary/aromatic N) is 4. The van der Waals surface area contributed by atoms with E-state index in [2.05, 4.69) is 9.97 Å². The molecule has 122 valence electrons. The lowest BCUT2D eigenvalue weighted by Gasteiger charge is -2.31. The number of hydrogen-bond acceptors (Lipinski definition) is 5. The number of carbonyl (C=O) groups is 1. The summed E-state index contributed by atoms with van der Waals surface area (Å²) in [5, 5.41) is 0.222. The van der Waals surface area contributed by atoms with Gasteiger partial charge in [-0.1, -0.05) is 0 Å². The van der Waals surface area contributed by atoms with Crippen LogP contribution in [0.5, 0.6) is 0 Å². The van der Waals surface area contributed by atoms with E-state index in [1.807, 2.05) is 37.6 Å². The van der Waals surface area contributed by atoms with E-state index in [9.17, 15) is 4.79 Å². The Hall–Kier alpha value is -1.56. The van der Waals surface area contributed by atoms with Crippen LogP contribution in [-0.4, -0.2) is 52.7 Å². The Balaban J connectivity index is 2.00. The Morgan fingerprint density at radius 2 is 2.27 bits per heavy atom. The number of halogens is 1. The molecule has 2 rings (SSSR count).